The van der Waals surface area contributed by atoms with Crippen molar-refractivity contribution in [2.45, 2.75) is 31.9 Å². The van der Waals surface area contributed by atoms with Crippen molar-refractivity contribution in [3.63, 3.8) is 0 Å². The van der Waals surface area contributed by atoms with E-state index in [1.807, 2.05) is 0 Å². The Morgan fingerprint density at radius 1 is 1.16 bits per heavy atom. The highest BCUT2D eigenvalue weighted by molar-refractivity contribution is 5.45. The van der Waals surface area contributed by atoms with E-state index in [0.717, 1.165) is 37.8 Å². The molecule has 0 saturated heterocycles. The summed E-state index contributed by atoms with van der Waals surface area (Å²) in [4.78, 5) is 0. The van der Waals surface area contributed by atoms with Gasteiger partial charge in [-0.1, -0.05) is 0 Å². The van der Waals surface area contributed by atoms with Gasteiger partial charge in [0.2, 0.25) is 0 Å². The molecule has 2 rings (SSSR count). The highest BCUT2D eigenvalue weighted by atomic mass is 19.4. The molecule has 0 bridgehead atoms. The van der Waals surface area contributed by atoms with Gasteiger partial charge in [0.05, 0.1) is 5.56 Å². The summed E-state index contributed by atoms with van der Waals surface area (Å²) >= 11 is 0. The number of benzene rings is 1. The van der Waals surface area contributed by atoms with Crippen LogP contribution in [0.1, 0.15) is 31.2 Å². The quantitative estimate of drug-likeness (QED) is 0.775. The van der Waals surface area contributed by atoms with Gasteiger partial charge in [0.25, 0.3) is 0 Å². The highest BCUT2D eigenvalue weighted by Crippen LogP contribution is 2.48. The summed E-state index contributed by atoms with van der Waals surface area (Å²) in [5.41, 5.74) is 0.207. The largest absolute Gasteiger partial charge is 0.416 e. The molecule has 1 saturated carbocycles. The number of nitrogens with one attached hydrogen (secondary N) is 1. The summed E-state index contributed by atoms with van der Waals surface area (Å²) in [6.07, 6.45) is -0.218. The average Bonchev–Trinajstić information content (AvgIpc) is 3.15. The molecule has 1 aromatic carbocycles. The van der Waals surface area contributed by atoms with Gasteiger partial charge in [0.15, 0.2) is 0 Å². The lowest BCUT2D eigenvalue weighted by Crippen LogP contribution is -2.10. The molecule has 1 fully saturated rings. The predicted molar refractivity (Wildman–Crippen MR) is 67.9 cm³/mol. The second kappa shape index (κ2) is 5.41. The van der Waals surface area contributed by atoms with Crippen LogP contribution in [-0.4, -0.2) is 18.3 Å². The molecular formula is C14H18F3NO. The van der Waals surface area contributed by atoms with Crippen LogP contribution in [0.4, 0.5) is 18.9 Å². The maximum atomic E-state index is 12.4. The van der Waals surface area contributed by atoms with Crippen LogP contribution in [0.2, 0.25) is 0 Å². The second-order valence-electron chi connectivity index (χ2n) is 5.26. The number of hydrogen-bond donors (Lipinski definition) is 2. The Bertz CT molecular complexity index is 410. The molecule has 0 unspecified atom stereocenters. The lowest BCUT2D eigenvalue weighted by molar-refractivity contribution is -0.137. The Hall–Kier alpha value is -1.23. The number of alkyl halides is 3. The summed E-state index contributed by atoms with van der Waals surface area (Å²) < 4.78 is 37.1. The zero-order valence-corrected chi connectivity index (χ0v) is 10.6. The Balaban J connectivity index is 1.74. The van der Waals surface area contributed by atoms with Crippen molar-refractivity contribution in [1.82, 2.24) is 0 Å². The normalized spacial score (nSPS) is 17.3. The Morgan fingerprint density at radius 3 is 2.26 bits per heavy atom. The third-order valence-corrected chi connectivity index (χ3v) is 3.72. The van der Waals surface area contributed by atoms with E-state index in [9.17, 15) is 13.2 Å². The molecule has 106 valence electrons. The van der Waals surface area contributed by atoms with Crippen molar-refractivity contribution in [2.75, 3.05) is 18.5 Å². The van der Waals surface area contributed by atoms with Gasteiger partial charge in [0, 0.05) is 18.8 Å². The van der Waals surface area contributed by atoms with Crippen molar-refractivity contribution < 1.29 is 18.3 Å². The van der Waals surface area contributed by atoms with Crippen molar-refractivity contribution >= 4 is 5.69 Å². The monoisotopic (exact) mass is 273 g/mol. The molecule has 0 atom stereocenters. The van der Waals surface area contributed by atoms with Crippen LogP contribution in [0, 0.1) is 5.41 Å². The van der Waals surface area contributed by atoms with Crippen LogP contribution in [0.3, 0.4) is 0 Å². The minimum absolute atomic E-state index is 0.141. The standard InChI is InChI=1S/C14H18F3NO/c15-14(16,17)11-2-4-12(5-3-11)18-9-1-6-13(10-19)7-8-13/h2-5,18-19H,1,6-10H2. The van der Waals surface area contributed by atoms with Crippen molar-refractivity contribution in [1.29, 1.82) is 0 Å². The van der Waals surface area contributed by atoms with Gasteiger partial charge < -0.3 is 10.4 Å². The van der Waals surface area contributed by atoms with Crippen LogP contribution < -0.4 is 5.32 Å². The molecule has 2 N–H and O–H groups in total. The molecule has 2 nitrogen and oxygen atoms in total. The molecule has 0 amide bonds. The fraction of sp³-hybridized carbons (Fsp3) is 0.571. The van der Waals surface area contributed by atoms with Crippen LogP contribution in [-0.2, 0) is 6.18 Å². The zero-order valence-electron chi connectivity index (χ0n) is 10.6. The fourth-order valence-corrected chi connectivity index (χ4v) is 2.14. The highest BCUT2D eigenvalue weighted by Gasteiger charge is 2.40. The molecule has 19 heavy (non-hydrogen) atoms. The molecule has 1 aromatic rings. The molecule has 0 aliphatic heterocycles. The van der Waals surface area contributed by atoms with E-state index < -0.39 is 11.7 Å². The molecule has 0 heterocycles. The second-order valence-corrected chi connectivity index (χ2v) is 5.26. The third-order valence-electron chi connectivity index (χ3n) is 3.72. The van der Waals surface area contributed by atoms with Gasteiger partial charge >= 0.3 is 6.18 Å². The minimum atomic E-state index is -4.28. The average molecular weight is 273 g/mol. The topological polar surface area (TPSA) is 32.3 Å². The number of rotatable bonds is 6. The predicted octanol–water partition coefficient (Wildman–Crippen LogP) is 3.67. The summed E-state index contributed by atoms with van der Waals surface area (Å²) in [5.74, 6) is 0. The number of hydrogen-bond acceptors (Lipinski definition) is 2. The first-order valence-corrected chi connectivity index (χ1v) is 6.47. The number of halogens is 3. The van der Waals surface area contributed by atoms with Crippen LogP contribution in [0.15, 0.2) is 24.3 Å². The van der Waals surface area contributed by atoms with E-state index in [0.29, 0.717) is 12.2 Å². The molecule has 1 aliphatic rings. The summed E-state index contributed by atoms with van der Waals surface area (Å²) in [6, 6.07) is 5.06. The maximum absolute atomic E-state index is 12.4. The van der Waals surface area contributed by atoms with Gasteiger partial charge in [-0.15, -0.1) is 0 Å². The van der Waals surface area contributed by atoms with Gasteiger partial charge in [-0.25, -0.2) is 0 Å². The maximum Gasteiger partial charge on any atom is 0.416 e. The number of aliphatic hydroxyl groups excluding tert-OH is 1. The molecular weight excluding hydrogens is 255 g/mol. The van der Waals surface area contributed by atoms with Crippen LogP contribution >= 0.6 is 0 Å². The van der Waals surface area contributed by atoms with Crippen LogP contribution in [0.25, 0.3) is 0 Å². The van der Waals surface area contributed by atoms with E-state index in [1.54, 1.807) is 0 Å². The van der Waals surface area contributed by atoms with Crippen molar-refractivity contribution in [2.24, 2.45) is 5.41 Å². The van der Waals surface area contributed by atoms with Gasteiger partial charge in [-0.2, -0.15) is 13.2 Å². The molecule has 5 heteroatoms. The lowest BCUT2D eigenvalue weighted by atomic mass is 10.0. The van der Waals surface area contributed by atoms with E-state index in [1.165, 1.54) is 12.1 Å². The first-order valence-electron chi connectivity index (χ1n) is 6.47. The summed E-state index contributed by atoms with van der Waals surface area (Å²) in [5, 5.41) is 12.3. The number of aliphatic hydroxyl groups is 1. The third kappa shape index (κ3) is 3.86. The number of anilines is 1. The lowest BCUT2D eigenvalue weighted by Gasteiger charge is -2.12. The first-order chi connectivity index (χ1) is 8.95. The van der Waals surface area contributed by atoms with E-state index in [-0.39, 0.29) is 12.0 Å². The Labute approximate surface area is 110 Å². The van der Waals surface area contributed by atoms with E-state index >= 15 is 0 Å². The SMILES string of the molecule is OCC1(CCCNc2ccc(C(F)(F)F)cc2)CC1. The zero-order chi connectivity index (χ0) is 13.9. The van der Waals surface area contributed by atoms with E-state index in [2.05, 4.69) is 5.32 Å². The molecule has 0 aromatic heterocycles. The van der Waals surface area contributed by atoms with Crippen molar-refractivity contribution in [3.05, 3.63) is 29.8 Å². The molecule has 0 radical (unpaired) electrons. The van der Waals surface area contributed by atoms with Gasteiger partial charge in [-0.05, 0) is 55.4 Å². The summed E-state index contributed by atoms with van der Waals surface area (Å²) in [6.45, 7) is 0.959. The van der Waals surface area contributed by atoms with Gasteiger partial charge in [-0.3, -0.25) is 0 Å². The molecule has 1 aliphatic carbocycles. The molecule has 0 spiro atoms. The Kier molecular flexibility index (Phi) is 4.04. The van der Waals surface area contributed by atoms with Gasteiger partial charge in [0.1, 0.15) is 0 Å². The first kappa shape index (κ1) is 14.2. The van der Waals surface area contributed by atoms with E-state index in [4.69, 9.17) is 5.11 Å². The fourth-order valence-electron chi connectivity index (χ4n) is 2.14. The van der Waals surface area contributed by atoms with Crippen LogP contribution in [0.5, 0.6) is 0 Å². The minimum Gasteiger partial charge on any atom is -0.396 e. The Morgan fingerprint density at radius 2 is 1.79 bits per heavy atom. The van der Waals surface area contributed by atoms with Crippen molar-refractivity contribution in [3.8, 4) is 0 Å². The summed E-state index contributed by atoms with van der Waals surface area (Å²) in [7, 11) is 0. The smallest absolute Gasteiger partial charge is 0.396 e.